The summed E-state index contributed by atoms with van der Waals surface area (Å²) >= 11 is 6.66. The van der Waals surface area contributed by atoms with Crippen molar-refractivity contribution in [3.8, 4) is 0 Å². The van der Waals surface area contributed by atoms with E-state index in [1.165, 1.54) is 17.3 Å². The summed E-state index contributed by atoms with van der Waals surface area (Å²) in [7, 11) is 0. The van der Waals surface area contributed by atoms with Gasteiger partial charge in [0.2, 0.25) is 0 Å². The lowest BCUT2D eigenvalue weighted by molar-refractivity contribution is 1.11. The van der Waals surface area contributed by atoms with Crippen molar-refractivity contribution in [1.29, 1.82) is 0 Å². The Morgan fingerprint density at radius 3 is 2.29 bits per heavy atom. The number of allylic oxidation sites excluding steroid dienone is 1. The summed E-state index contributed by atoms with van der Waals surface area (Å²) < 4.78 is 1.31. The van der Waals surface area contributed by atoms with Crippen molar-refractivity contribution in [2.24, 2.45) is 5.92 Å². The molecular formula is C5H6Br2. The third-order valence-corrected chi connectivity index (χ3v) is 3.06. The van der Waals surface area contributed by atoms with Crippen LogP contribution in [0.3, 0.4) is 0 Å². The molecule has 0 saturated heterocycles. The Hall–Kier alpha value is 0.700. The molecular weight excluding hydrogens is 220 g/mol. The Kier molecular flexibility index (Phi) is 1.93. The van der Waals surface area contributed by atoms with E-state index < -0.39 is 0 Å². The van der Waals surface area contributed by atoms with Gasteiger partial charge in [0, 0.05) is 4.48 Å². The third kappa shape index (κ3) is 1.57. The van der Waals surface area contributed by atoms with Crippen LogP contribution in [0.1, 0.15) is 12.8 Å². The summed E-state index contributed by atoms with van der Waals surface area (Å²) in [4.78, 5) is 1.95. The van der Waals surface area contributed by atoms with Crippen molar-refractivity contribution < 1.29 is 0 Å². The van der Waals surface area contributed by atoms with Crippen molar-refractivity contribution in [3.63, 3.8) is 0 Å². The van der Waals surface area contributed by atoms with Crippen LogP contribution in [0.5, 0.6) is 0 Å². The van der Waals surface area contributed by atoms with Gasteiger partial charge in [-0.05, 0) is 23.7 Å². The topological polar surface area (TPSA) is 0 Å². The maximum absolute atomic E-state index is 3.42. The third-order valence-electron chi connectivity index (χ3n) is 1.07. The highest BCUT2D eigenvalue weighted by Crippen LogP contribution is 2.39. The van der Waals surface area contributed by atoms with E-state index in [1.807, 2.05) is 4.99 Å². The molecule has 0 nitrogen and oxygen atoms in total. The fraction of sp³-hybridized carbons (Fsp3) is 0.600. The average Bonchev–Trinajstić information content (AvgIpc) is 2.44. The first kappa shape index (κ1) is 5.83. The summed E-state index contributed by atoms with van der Waals surface area (Å²) in [6.45, 7) is 0. The highest BCUT2D eigenvalue weighted by atomic mass is 79.9. The fourth-order valence-corrected chi connectivity index (χ4v) is 1.28. The van der Waals surface area contributed by atoms with Crippen LogP contribution in [0.2, 0.25) is 0 Å². The maximum Gasteiger partial charge on any atom is 0.00507 e. The lowest BCUT2D eigenvalue weighted by Gasteiger charge is -1.84. The van der Waals surface area contributed by atoms with Gasteiger partial charge in [-0.3, -0.25) is 0 Å². The van der Waals surface area contributed by atoms with Crippen LogP contribution in [-0.2, 0) is 0 Å². The zero-order chi connectivity index (χ0) is 5.28. The van der Waals surface area contributed by atoms with E-state index >= 15 is 0 Å². The predicted octanol–water partition coefficient (Wildman–Crippen LogP) is 3.03. The predicted molar refractivity (Wildman–Crippen MR) is 38.7 cm³/mol. The molecule has 0 unspecified atom stereocenters. The van der Waals surface area contributed by atoms with Crippen molar-refractivity contribution >= 4 is 31.9 Å². The molecule has 1 aliphatic carbocycles. The van der Waals surface area contributed by atoms with E-state index in [9.17, 15) is 0 Å². The monoisotopic (exact) mass is 224 g/mol. The van der Waals surface area contributed by atoms with Gasteiger partial charge in [0.1, 0.15) is 0 Å². The van der Waals surface area contributed by atoms with Crippen molar-refractivity contribution in [3.05, 3.63) is 9.47 Å². The van der Waals surface area contributed by atoms with Crippen LogP contribution in [0.15, 0.2) is 9.47 Å². The number of rotatable bonds is 1. The Morgan fingerprint density at radius 1 is 1.57 bits per heavy atom. The minimum absolute atomic E-state index is 0.847. The first-order valence-electron chi connectivity index (χ1n) is 2.30. The molecule has 0 aliphatic heterocycles. The molecule has 0 radical (unpaired) electrons. The van der Waals surface area contributed by atoms with E-state index in [-0.39, 0.29) is 0 Å². The Morgan fingerprint density at radius 2 is 2.14 bits per heavy atom. The molecule has 0 spiro atoms. The van der Waals surface area contributed by atoms with Gasteiger partial charge in [0.15, 0.2) is 0 Å². The molecule has 0 aromatic rings. The molecule has 0 amide bonds. The molecule has 0 aromatic heterocycles. The van der Waals surface area contributed by atoms with E-state index in [0.717, 1.165) is 5.92 Å². The smallest absolute Gasteiger partial charge is 0.00507 e. The molecule has 40 valence electrons. The zero-order valence-corrected chi connectivity index (χ0v) is 7.00. The second-order valence-electron chi connectivity index (χ2n) is 1.77. The normalized spacial score (nSPS) is 22.9. The number of hydrogen-bond donors (Lipinski definition) is 0. The molecule has 1 rings (SSSR count). The molecule has 7 heavy (non-hydrogen) atoms. The van der Waals surface area contributed by atoms with E-state index in [2.05, 4.69) is 31.9 Å². The minimum atomic E-state index is 0.847. The Balaban J connectivity index is 2.37. The van der Waals surface area contributed by atoms with E-state index in [1.54, 1.807) is 0 Å². The van der Waals surface area contributed by atoms with Gasteiger partial charge in [0.25, 0.3) is 0 Å². The van der Waals surface area contributed by atoms with Crippen molar-refractivity contribution in [2.45, 2.75) is 12.8 Å². The van der Waals surface area contributed by atoms with E-state index in [4.69, 9.17) is 0 Å². The van der Waals surface area contributed by atoms with Crippen LogP contribution in [0, 0.1) is 5.92 Å². The van der Waals surface area contributed by atoms with Gasteiger partial charge in [-0.25, -0.2) is 0 Å². The molecule has 1 fully saturated rings. The summed E-state index contributed by atoms with van der Waals surface area (Å²) in [6.07, 6.45) is 2.73. The molecule has 1 saturated carbocycles. The molecule has 0 bridgehead atoms. The van der Waals surface area contributed by atoms with Crippen LogP contribution in [-0.4, -0.2) is 0 Å². The number of hydrogen-bond acceptors (Lipinski definition) is 0. The Labute approximate surface area is 60.2 Å². The molecule has 1 aliphatic rings. The molecule has 0 heterocycles. The highest BCUT2D eigenvalue weighted by molar-refractivity contribution is 9.14. The molecule has 0 aromatic carbocycles. The largest absolute Gasteiger partial charge is 0.0586 e. The minimum Gasteiger partial charge on any atom is -0.0586 e. The summed E-state index contributed by atoms with van der Waals surface area (Å²) in [5.74, 6) is 0.847. The van der Waals surface area contributed by atoms with Crippen LogP contribution in [0.4, 0.5) is 0 Å². The number of halogens is 2. The molecule has 0 atom stereocenters. The van der Waals surface area contributed by atoms with Gasteiger partial charge in [-0.2, -0.15) is 0 Å². The maximum atomic E-state index is 3.42. The first-order valence-corrected chi connectivity index (χ1v) is 4.01. The van der Waals surface area contributed by atoms with Gasteiger partial charge in [0.05, 0.1) is 0 Å². The standard InChI is InChI=1S/C5H6Br2/c6-3-5(7)4-1-2-4/h3-4H,1-2H2/b5-3-. The quantitative estimate of drug-likeness (QED) is 0.644. The SMILES string of the molecule is Br/C=C(\Br)C1CC1. The van der Waals surface area contributed by atoms with Gasteiger partial charge >= 0.3 is 0 Å². The summed E-state index contributed by atoms with van der Waals surface area (Å²) in [5.41, 5.74) is 0. The Bertz CT molecular complexity index is 92.3. The van der Waals surface area contributed by atoms with Crippen LogP contribution < -0.4 is 0 Å². The highest BCUT2D eigenvalue weighted by Gasteiger charge is 2.23. The van der Waals surface area contributed by atoms with Gasteiger partial charge in [-0.15, -0.1) is 0 Å². The van der Waals surface area contributed by atoms with Crippen LogP contribution >= 0.6 is 31.9 Å². The van der Waals surface area contributed by atoms with Crippen molar-refractivity contribution in [1.82, 2.24) is 0 Å². The van der Waals surface area contributed by atoms with E-state index in [0.29, 0.717) is 0 Å². The first-order chi connectivity index (χ1) is 3.34. The lowest BCUT2D eigenvalue weighted by atomic mass is 10.4. The summed E-state index contributed by atoms with van der Waals surface area (Å²) in [5, 5.41) is 0. The lowest BCUT2D eigenvalue weighted by Crippen LogP contribution is -1.66. The van der Waals surface area contributed by atoms with Gasteiger partial charge in [-0.1, -0.05) is 31.9 Å². The summed E-state index contributed by atoms with van der Waals surface area (Å²) in [6, 6.07) is 0. The van der Waals surface area contributed by atoms with Crippen LogP contribution in [0.25, 0.3) is 0 Å². The fourth-order valence-electron chi connectivity index (χ4n) is 0.448. The second-order valence-corrected chi connectivity index (χ2v) is 3.14. The zero-order valence-electron chi connectivity index (χ0n) is 3.82. The molecule has 2 heteroatoms. The van der Waals surface area contributed by atoms with Crippen molar-refractivity contribution in [2.75, 3.05) is 0 Å². The second kappa shape index (κ2) is 2.31. The average molecular weight is 226 g/mol. The van der Waals surface area contributed by atoms with Gasteiger partial charge < -0.3 is 0 Å². The molecule has 0 N–H and O–H groups in total.